The van der Waals surface area contributed by atoms with Crippen molar-refractivity contribution in [1.29, 1.82) is 0 Å². The molecule has 2 rings (SSSR count). The Labute approximate surface area is 195 Å². The van der Waals surface area contributed by atoms with E-state index >= 15 is 0 Å². The fourth-order valence-electron chi connectivity index (χ4n) is 3.35. The van der Waals surface area contributed by atoms with Gasteiger partial charge < -0.3 is 10.2 Å². The van der Waals surface area contributed by atoms with Crippen molar-refractivity contribution < 1.29 is 22.4 Å². The molecule has 0 bridgehead atoms. The molecule has 1 atom stereocenters. The summed E-state index contributed by atoms with van der Waals surface area (Å²) < 4.78 is 42.2. The van der Waals surface area contributed by atoms with Crippen molar-refractivity contribution in [3.63, 3.8) is 0 Å². The highest BCUT2D eigenvalue weighted by molar-refractivity contribution is 7.90. The number of amides is 2. The van der Waals surface area contributed by atoms with E-state index in [0.29, 0.717) is 13.0 Å². The molecule has 2 amide bonds. The second-order valence-corrected chi connectivity index (χ2v) is 9.64. The lowest BCUT2D eigenvalue weighted by molar-refractivity contribution is -0.140. The summed E-state index contributed by atoms with van der Waals surface area (Å²) in [4.78, 5) is 27.6. The predicted molar refractivity (Wildman–Crippen MR) is 126 cm³/mol. The number of hydrogen-bond donors (Lipinski definition) is 1. The van der Waals surface area contributed by atoms with Crippen LogP contribution < -0.4 is 9.62 Å². The van der Waals surface area contributed by atoms with Crippen molar-refractivity contribution in [2.75, 3.05) is 31.5 Å². The zero-order valence-corrected chi connectivity index (χ0v) is 20.2. The third-order valence-electron chi connectivity index (χ3n) is 5.07. The minimum atomic E-state index is -4.20. The van der Waals surface area contributed by atoms with E-state index in [9.17, 15) is 22.4 Å². The summed E-state index contributed by atoms with van der Waals surface area (Å²) >= 11 is 0. The van der Waals surface area contributed by atoms with Gasteiger partial charge in [-0.05, 0) is 31.0 Å². The molecule has 2 aromatic rings. The standard InChI is InChI=1S/C23H31FN4O4S/c1-5-20(23(30)25-6-2)27(16-18-12-8-7-9-13-18)22(29)17-28(33(31,32)26(3)4)21-15-11-10-14-19(21)24/h7-15,20H,5-6,16-17H2,1-4H3,(H,25,30)/t20-/m0/s1. The first-order chi connectivity index (χ1) is 15.6. The van der Waals surface area contributed by atoms with E-state index in [0.717, 1.165) is 20.2 Å². The molecule has 0 fully saturated rings. The molecule has 0 aliphatic heterocycles. The van der Waals surface area contributed by atoms with Gasteiger partial charge in [0.15, 0.2) is 0 Å². The van der Waals surface area contributed by atoms with Gasteiger partial charge in [-0.1, -0.05) is 49.4 Å². The summed E-state index contributed by atoms with van der Waals surface area (Å²) in [7, 11) is -1.59. The molecular formula is C23H31FN4O4S. The average Bonchev–Trinajstić information content (AvgIpc) is 2.78. The number of nitrogens with zero attached hydrogens (tertiary/aromatic N) is 3. The third kappa shape index (κ3) is 6.52. The van der Waals surface area contributed by atoms with Gasteiger partial charge in [-0.25, -0.2) is 8.70 Å². The quantitative estimate of drug-likeness (QED) is 0.537. The van der Waals surface area contributed by atoms with Gasteiger partial charge in [0.25, 0.3) is 0 Å². The molecule has 10 heteroatoms. The van der Waals surface area contributed by atoms with Gasteiger partial charge in [0.1, 0.15) is 18.4 Å². The molecule has 1 N–H and O–H groups in total. The Hall–Kier alpha value is -2.98. The third-order valence-corrected chi connectivity index (χ3v) is 6.88. The van der Waals surface area contributed by atoms with Crippen LogP contribution in [0.1, 0.15) is 25.8 Å². The zero-order valence-electron chi connectivity index (χ0n) is 19.4. The molecular weight excluding hydrogens is 447 g/mol. The highest BCUT2D eigenvalue weighted by atomic mass is 32.2. The number of hydrogen-bond acceptors (Lipinski definition) is 4. The molecule has 180 valence electrons. The first kappa shape index (κ1) is 26.3. The summed E-state index contributed by atoms with van der Waals surface area (Å²) in [5.74, 6) is -1.73. The molecule has 33 heavy (non-hydrogen) atoms. The van der Waals surface area contributed by atoms with Gasteiger partial charge in [0, 0.05) is 27.2 Å². The largest absolute Gasteiger partial charge is 0.355 e. The van der Waals surface area contributed by atoms with Crippen LogP contribution in [0, 0.1) is 5.82 Å². The van der Waals surface area contributed by atoms with Gasteiger partial charge in [0.05, 0.1) is 5.69 Å². The van der Waals surface area contributed by atoms with Crippen LogP contribution in [0.2, 0.25) is 0 Å². The molecule has 0 saturated heterocycles. The fourth-order valence-corrected chi connectivity index (χ4v) is 4.41. The molecule has 0 aromatic heterocycles. The predicted octanol–water partition coefficient (Wildman–Crippen LogP) is 2.38. The van der Waals surface area contributed by atoms with Crippen molar-refractivity contribution in [2.24, 2.45) is 0 Å². The molecule has 0 saturated carbocycles. The first-order valence-electron chi connectivity index (χ1n) is 10.7. The highest BCUT2D eigenvalue weighted by Crippen LogP contribution is 2.24. The highest BCUT2D eigenvalue weighted by Gasteiger charge is 2.34. The number of benzene rings is 2. The number of nitrogens with one attached hydrogen (secondary N) is 1. The second-order valence-electron chi connectivity index (χ2n) is 7.57. The zero-order chi connectivity index (χ0) is 24.6. The van der Waals surface area contributed by atoms with Crippen LogP contribution in [-0.4, -0.2) is 62.7 Å². The normalized spacial score (nSPS) is 12.3. The Bertz CT molecular complexity index is 1050. The number of likely N-dealkylation sites (N-methyl/N-ethyl adjacent to an activating group) is 1. The lowest BCUT2D eigenvalue weighted by Gasteiger charge is -2.33. The van der Waals surface area contributed by atoms with Gasteiger partial charge >= 0.3 is 10.2 Å². The van der Waals surface area contributed by atoms with Crippen LogP contribution >= 0.6 is 0 Å². The number of halogens is 1. The van der Waals surface area contributed by atoms with E-state index in [-0.39, 0.29) is 18.1 Å². The van der Waals surface area contributed by atoms with Crippen molar-refractivity contribution in [2.45, 2.75) is 32.9 Å². The van der Waals surface area contributed by atoms with Crippen molar-refractivity contribution in [3.8, 4) is 0 Å². The topological polar surface area (TPSA) is 90.0 Å². The van der Waals surface area contributed by atoms with E-state index in [1.54, 1.807) is 13.8 Å². The molecule has 0 spiro atoms. The summed E-state index contributed by atoms with van der Waals surface area (Å²) in [6.45, 7) is 3.37. The van der Waals surface area contributed by atoms with Crippen molar-refractivity contribution in [3.05, 3.63) is 66.0 Å². The molecule has 0 heterocycles. The van der Waals surface area contributed by atoms with Crippen LogP contribution in [0.3, 0.4) is 0 Å². The number of rotatable bonds is 11. The average molecular weight is 479 g/mol. The molecule has 0 aliphatic rings. The molecule has 2 aromatic carbocycles. The molecule has 0 aliphatic carbocycles. The number of carbonyl (C=O) groups excluding carboxylic acids is 2. The molecule has 0 unspecified atom stereocenters. The van der Waals surface area contributed by atoms with E-state index < -0.39 is 34.5 Å². The van der Waals surface area contributed by atoms with Crippen LogP contribution in [0.4, 0.5) is 10.1 Å². The maximum atomic E-state index is 14.6. The Kier molecular flexibility index (Phi) is 9.36. The van der Waals surface area contributed by atoms with Gasteiger partial charge in [0.2, 0.25) is 11.8 Å². The van der Waals surface area contributed by atoms with E-state index in [2.05, 4.69) is 5.32 Å². The smallest absolute Gasteiger partial charge is 0.304 e. The number of para-hydroxylation sites is 1. The lowest BCUT2D eigenvalue weighted by atomic mass is 10.1. The fraction of sp³-hybridized carbons (Fsp3) is 0.391. The van der Waals surface area contributed by atoms with Crippen LogP contribution in [0.15, 0.2) is 54.6 Å². The summed E-state index contributed by atoms with van der Waals surface area (Å²) in [5, 5.41) is 2.73. The van der Waals surface area contributed by atoms with E-state index in [1.807, 2.05) is 30.3 Å². The maximum absolute atomic E-state index is 14.6. The monoisotopic (exact) mass is 478 g/mol. The lowest BCUT2D eigenvalue weighted by Crippen LogP contribution is -2.53. The Morgan fingerprint density at radius 3 is 2.15 bits per heavy atom. The number of carbonyl (C=O) groups is 2. The SMILES string of the molecule is CCNC(=O)[C@H](CC)N(Cc1ccccc1)C(=O)CN(c1ccccc1F)S(=O)(=O)N(C)C. The maximum Gasteiger partial charge on any atom is 0.304 e. The van der Waals surface area contributed by atoms with E-state index in [1.165, 1.54) is 37.2 Å². The minimum Gasteiger partial charge on any atom is -0.355 e. The molecule has 0 radical (unpaired) electrons. The van der Waals surface area contributed by atoms with Crippen molar-refractivity contribution in [1.82, 2.24) is 14.5 Å². The minimum absolute atomic E-state index is 0.0996. The summed E-state index contributed by atoms with van der Waals surface area (Å²) in [5.41, 5.74) is 0.534. The van der Waals surface area contributed by atoms with Gasteiger partial charge in [-0.2, -0.15) is 12.7 Å². The summed E-state index contributed by atoms with van der Waals surface area (Å²) in [6, 6.07) is 13.6. The number of anilines is 1. The Morgan fingerprint density at radius 1 is 1.00 bits per heavy atom. The second kappa shape index (κ2) is 11.8. The first-order valence-corrected chi connectivity index (χ1v) is 12.1. The van der Waals surface area contributed by atoms with Gasteiger partial charge in [-0.15, -0.1) is 0 Å². The molecule has 8 nitrogen and oxygen atoms in total. The van der Waals surface area contributed by atoms with Crippen LogP contribution in [0.25, 0.3) is 0 Å². The van der Waals surface area contributed by atoms with E-state index in [4.69, 9.17) is 0 Å². The van der Waals surface area contributed by atoms with Crippen LogP contribution in [0.5, 0.6) is 0 Å². The Morgan fingerprint density at radius 2 is 1.61 bits per heavy atom. The van der Waals surface area contributed by atoms with Crippen molar-refractivity contribution >= 4 is 27.7 Å². The summed E-state index contributed by atoms with van der Waals surface area (Å²) in [6.07, 6.45) is 0.324. The Balaban J connectivity index is 2.49. The van der Waals surface area contributed by atoms with Gasteiger partial charge in [-0.3, -0.25) is 9.59 Å². The van der Waals surface area contributed by atoms with Crippen LogP contribution in [-0.2, 0) is 26.3 Å².